The van der Waals surface area contributed by atoms with E-state index in [4.69, 9.17) is 0 Å². The molecule has 80 valence electrons. The van der Waals surface area contributed by atoms with Crippen LogP contribution in [0.5, 0.6) is 0 Å². The Kier molecular flexibility index (Phi) is 4.47. The molecule has 1 rings (SSSR count). The Labute approximate surface area is 93.6 Å². The van der Waals surface area contributed by atoms with Crippen molar-refractivity contribution in [3.05, 3.63) is 22.4 Å². The molecule has 0 unspecified atom stereocenters. The summed E-state index contributed by atoms with van der Waals surface area (Å²) in [4.78, 5) is 1.31. The first-order valence-electron chi connectivity index (χ1n) is 4.32. The van der Waals surface area contributed by atoms with E-state index in [-0.39, 0.29) is 5.75 Å². The van der Waals surface area contributed by atoms with Gasteiger partial charge in [0.2, 0.25) is 0 Å². The number of rotatable bonds is 5. The van der Waals surface area contributed by atoms with Crippen LogP contribution in [0.15, 0.2) is 17.5 Å². The van der Waals surface area contributed by atoms with E-state index in [1.165, 1.54) is 11.1 Å². The van der Waals surface area contributed by atoms with E-state index in [9.17, 15) is 8.42 Å². The van der Waals surface area contributed by atoms with Gasteiger partial charge in [-0.3, -0.25) is 0 Å². The molecule has 2 nitrogen and oxygen atoms in total. The molecule has 0 saturated carbocycles. The molecule has 0 radical (unpaired) electrons. The van der Waals surface area contributed by atoms with Crippen molar-refractivity contribution in [2.75, 3.05) is 17.8 Å². The van der Waals surface area contributed by atoms with Crippen LogP contribution in [-0.2, 0) is 9.84 Å². The fraction of sp³-hybridized carbons (Fsp3) is 0.556. The number of thioether (sulfide) groups is 1. The van der Waals surface area contributed by atoms with Gasteiger partial charge in [-0.1, -0.05) is 6.07 Å². The van der Waals surface area contributed by atoms with Crippen molar-refractivity contribution in [1.82, 2.24) is 0 Å². The second-order valence-corrected chi connectivity index (χ2v) is 7.85. The standard InChI is InChI=1S/C9H14O2S3/c1-8(9-4-3-5-13-9)12-6-7-14(2,10)11/h3-5,8H,6-7H2,1-2H3/t8-/m1/s1. The third kappa shape index (κ3) is 4.48. The normalized spacial score (nSPS) is 14.1. The highest BCUT2D eigenvalue weighted by Gasteiger charge is 2.08. The predicted molar refractivity (Wildman–Crippen MR) is 64.9 cm³/mol. The van der Waals surface area contributed by atoms with Crippen LogP contribution in [-0.4, -0.2) is 26.2 Å². The van der Waals surface area contributed by atoms with Crippen molar-refractivity contribution in [3.63, 3.8) is 0 Å². The lowest BCUT2D eigenvalue weighted by molar-refractivity contribution is 0.603. The van der Waals surface area contributed by atoms with Crippen LogP contribution in [0.4, 0.5) is 0 Å². The molecule has 1 heterocycles. The molecule has 0 amide bonds. The fourth-order valence-corrected chi connectivity index (χ4v) is 4.21. The summed E-state index contributed by atoms with van der Waals surface area (Å²) in [6.07, 6.45) is 1.28. The van der Waals surface area contributed by atoms with Crippen LogP contribution in [0.3, 0.4) is 0 Å². The minimum Gasteiger partial charge on any atom is -0.229 e. The zero-order valence-electron chi connectivity index (χ0n) is 8.26. The summed E-state index contributed by atoms with van der Waals surface area (Å²) >= 11 is 3.41. The van der Waals surface area contributed by atoms with Gasteiger partial charge in [0, 0.05) is 22.1 Å². The van der Waals surface area contributed by atoms with Crippen LogP contribution < -0.4 is 0 Å². The Balaban J connectivity index is 2.33. The van der Waals surface area contributed by atoms with Crippen molar-refractivity contribution in [2.24, 2.45) is 0 Å². The highest BCUT2D eigenvalue weighted by Crippen LogP contribution is 2.31. The Morgan fingerprint density at radius 1 is 1.57 bits per heavy atom. The summed E-state index contributed by atoms with van der Waals surface area (Å²) in [5, 5.41) is 2.44. The Morgan fingerprint density at radius 3 is 2.79 bits per heavy atom. The van der Waals surface area contributed by atoms with Crippen molar-refractivity contribution >= 4 is 32.9 Å². The maximum atomic E-state index is 10.9. The fourth-order valence-electron chi connectivity index (χ4n) is 0.981. The first-order valence-corrected chi connectivity index (χ1v) is 8.30. The van der Waals surface area contributed by atoms with Gasteiger partial charge in [0.15, 0.2) is 0 Å². The molecule has 0 spiro atoms. The quantitative estimate of drug-likeness (QED) is 0.805. The minimum absolute atomic E-state index is 0.271. The van der Waals surface area contributed by atoms with Crippen LogP contribution in [0.1, 0.15) is 17.1 Å². The van der Waals surface area contributed by atoms with Crippen LogP contribution >= 0.6 is 23.1 Å². The molecule has 0 fully saturated rings. The van der Waals surface area contributed by atoms with Crippen molar-refractivity contribution in [1.29, 1.82) is 0 Å². The van der Waals surface area contributed by atoms with Gasteiger partial charge >= 0.3 is 0 Å². The van der Waals surface area contributed by atoms with Gasteiger partial charge in [0.05, 0.1) is 5.75 Å². The average molecular weight is 250 g/mol. The molecule has 5 heteroatoms. The Hall–Kier alpha value is -0.0000000000000000833. The zero-order valence-corrected chi connectivity index (χ0v) is 10.7. The lowest BCUT2D eigenvalue weighted by atomic mass is 10.4. The Morgan fingerprint density at radius 2 is 2.29 bits per heavy atom. The van der Waals surface area contributed by atoms with E-state index in [1.54, 1.807) is 23.1 Å². The van der Waals surface area contributed by atoms with E-state index < -0.39 is 9.84 Å². The summed E-state index contributed by atoms with van der Waals surface area (Å²) in [5.41, 5.74) is 0. The van der Waals surface area contributed by atoms with E-state index in [0.717, 1.165) is 0 Å². The minimum atomic E-state index is -2.81. The van der Waals surface area contributed by atoms with Crippen molar-refractivity contribution in [2.45, 2.75) is 12.2 Å². The van der Waals surface area contributed by atoms with Gasteiger partial charge in [0.25, 0.3) is 0 Å². The maximum absolute atomic E-state index is 10.9. The SMILES string of the molecule is C[C@@H](SCCS(C)(=O)=O)c1cccs1. The van der Waals surface area contributed by atoms with Gasteiger partial charge in [-0.25, -0.2) is 8.42 Å². The summed E-state index contributed by atoms with van der Waals surface area (Å²) in [7, 11) is -2.81. The summed E-state index contributed by atoms with van der Waals surface area (Å²) in [6, 6.07) is 4.11. The van der Waals surface area contributed by atoms with Crippen molar-refractivity contribution in [3.8, 4) is 0 Å². The molecule has 0 aliphatic rings. The lowest BCUT2D eigenvalue weighted by Gasteiger charge is -2.07. The van der Waals surface area contributed by atoms with E-state index in [1.807, 2.05) is 11.4 Å². The largest absolute Gasteiger partial charge is 0.229 e. The number of thiophene rings is 1. The first-order chi connectivity index (χ1) is 6.49. The summed E-state index contributed by atoms with van der Waals surface area (Å²) in [6.45, 7) is 2.11. The molecule has 1 aromatic heterocycles. The van der Waals surface area contributed by atoms with Crippen LogP contribution in [0, 0.1) is 0 Å². The molecule has 0 saturated heterocycles. The highest BCUT2D eigenvalue weighted by molar-refractivity contribution is 8.00. The lowest BCUT2D eigenvalue weighted by Crippen LogP contribution is -2.05. The molecular weight excluding hydrogens is 236 g/mol. The number of hydrogen-bond donors (Lipinski definition) is 0. The van der Waals surface area contributed by atoms with Gasteiger partial charge in [0.1, 0.15) is 9.84 Å². The molecule has 0 N–H and O–H groups in total. The molecule has 0 aliphatic carbocycles. The van der Waals surface area contributed by atoms with Crippen molar-refractivity contribution < 1.29 is 8.42 Å². The Bertz CT molecular complexity index is 353. The monoisotopic (exact) mass is 250 g/mol. The third-order valence-electron chi connectivity index (χ3n) is 1.77. The highest BCUT2D eigenvalue weighted by atomic mass is 32.2. The first kappa shape index (κ1) is 12.1. The van der Waals surface area contributed by atoms with Crippen LogP contribution in [0.25, 0.3) is 0 Å². The molecule has 1 atom stereocenters. The second kappa shape index (κ2) is 5.19. The smallest absolute Gasteiger partial charge is 0.148 e. The average Bonchev–Trinajstić information content (AvgIpc) is 2.53. The van der Waals surface area contributed by atoms with Crippen LogP contribution in [0.2, 0.25) is 0 Å². The summed E-state index contributed by atoms with van der Waals surface area (Å²) < 4.78 is 21.8. The third-order valence-corrected chi connectivity index (χ3v) is 5.37. The molecule has 14 heavy (non-hydrogen) atoms. The van der Waals surface area contributed by atoms with Gasteiger partial charge < -0.3 is 0 Å². The van der Waals surface area contributed by atoms with Gasteiger partial charge in [-0.15, -0.1) is 11.3 Å². The van der Waals surface area contributed by atoms with E-state index in [0.29, 0.717) is 11.0 Å². The van der Waals surface area contributed by atoms with Gasteiger partial charge in [-0.2, -0.15) is 11.8 Å². The number of hydrogen-bond acceptors (Lipinski definition) is 4. The predicted octanol–water partition coefficient (Wildman–Crippen LogP) is 2.59. The number of sulfone groups is 1. The molecule has 0 aliphatic heterocycles. The van der Waals surface area contributed by atoms with Gasteiger partial charge in [-0.05, 0) is 18.4 Å². The van der Waals surface area contributed by atoms with E-state index in [2.05, 4.69) is 13.0 Å². The van der Waals surface area contributed by atoms with E-state index >= 15 is 0 Å². The summed E-state index contributed by atoms with van der Waals surface area (Å²) in [5.74, 6) is 0.950. The topological polar surface area (TPSA) is 34.1 Å². The molecule has 0 bridgehead atoms. The second-order valence-electron chi connectivity index (χ2n) is 3.16. The molecule has 0 aromatic carbocycles. The maximum Gasteiger partial charge on any atom is 0.148 e. The zero-order chi connectivity index (χ0) is 10.6. The molecule has 1 aromatic rings. The molecular formula is C9H14O2S3.